The first-order chi connectivity index (χ1) is 10.2. The van der Waals surface area contributed by atoms with Crippen molar-refractivity contribution in [1.29, 1.82) is 0 Å². The molecule has 0 spiro atoms. The lowest BCUT2D eigenvalue weighted by molar-refractivity contribution is -0.121. The topological polar surface area (TPSA) is 41.1 Å². The maximum absolute atomic E-state index is 12.1. The molecule has 5 heteroatoms. The molecule has 1 atom stereocenters. The summed E-state index contributed by atoms with van der Waals surface area (Å²) < 4.78 is 0. The minimum absolute atomic E-state index is 0.148. The van der Waals surface area contributed by atoms with Crippen LogP contribution in [0.3, 0.4) is 0 Å². The summed E-state index contributed by atoms with van der Waals surface area (Å²) in [5.74, 6) is 2.35. The van der Waals surface area contributed by atoms with Crippen molar-refractivity contribution in [3.8, 4) is 0 Å². The van der Waals surface area contributed by atoms with Crippen molar-refractivity contribution in [2.75, 3.05) is 24.6 Å². The molecule has 3 rings (SSSR count). The standard InChI is InChI=1S/C16H21ClN2OS/c17-13-3-1-12(2-4-13)16(5-6-16)11-19-15(20)9-14-10-21-8-7-18-14/h1-4,14,18H,5-11H2,(H,19,20). The first-order valence-corrected chi connectivity index (χ1v) is 9.05. The van der Waals surface area contributed by atoms with Gasteiger partial charge in [-0.3, -0.25) is 4.79 Å². The van der Waals surface area contributed by atoms with Crippen molar-refractivity contribution in [1.82, 2.24) is 10.6 Å². The molecule has 1 aromatic rings. The molecule has 1 amide bonds. The zero-order valence-corrected chi connectivity index (χ0v) is 13.6. The van der Waals surface area contributed by atoms with Crippen molar-refractivity contribution >= 4 is 29.3 Å². The Morgan fingerprint density at radius 2 is 2.14 bits per heavy atom. The maximum Gasteiger partial charge on any atom is 0.221 e. The number of thioether (sulfide) groups is 1. The highest BCUT2D eigenvalue weighted by Gasteiger charge is 2.44. The van der Waals surface area contributed by atoms with Crippen LogP contribution >= 0.6 is 23.4 Å². The van der Waals surface area contributed by atoms with E-state index in [1.807, 2.05) is 23.9 Å². The van der Waals surface area contributed by atoms with Gasteiger partial charge in [-0.05, 0) is 30.5 Å². The molecule has 2 fully saturated rings. The van der Waals surface area contributed by atoms with Crippen LogP contribution in [0.25, 0.3) is 0 Å². The summed E-state index contributed by atoms with van der Waals surface area (Å²) in [5, 5.41) is 7.29. The summed E-state index contributed by atoms with van der Waals surface area (Å²) >= 11 is 7.86. The summed E-state index contributed by atoms with van der Waals surface area (Å²) in [6.45, 7) is 1.75. The molecular formula is C16H21ClN2OS. The van der Waals surface area contributed by atoms with Crippen LogP contribution in [-0.4, -0.2) is 36.5 Å². The van der Waals surface area contributed by atoms with Crippen molar-refractivity contribution < 1.29 is 4.79 Å². The van der Waals surface area contributed by atoms with E-state index in [4.69, 9.17) is 11.6 Å². The summed E-state index contributed by atoms with van der Waals surface area (Å²) in [4.78, 5) is 12.1. The molecule has 1 aromatic carbocycles. The molecule has 2 aliphatic rings. The Hall–Kier alpha value is -0.710. The second-order valence-electron chi connectivity index (χ2n) is 5.99. The normalized spacial score (nSPS) is 23.6. The van der Waals surface area contributed by atoms with Crippen molar-refractivity contribution in [3.05, 3.63) is 34.9 Å². The average Bonchev–Trinajstić information content (AvgIpc) is 3.28. The van der Waals surface area contributed by atoms with Crippen LogP contribution in [0.2, 0.25) is 5.02 Å². The quantitative estimate of drug-likeness (QED) is 0.874. The minimum Gasteiger partial charge on any atom is -0.355 e. The van der Waals surface area contributed by atoms with E-state index in [-0.39, 0.29) is 11.3 Å². The number of carbonyl (C=O) groups excluding carboxylic acids is 1. The lowest BCUT2D eigenvalue weighted by Crippen LogP contribution is -2.42. The maximum atomic E-state index is 12.1. The SMILES string of the molecule is O=C(CC1CSCCN1)NCC1(c2ccc(Cl)cc2)CC1. The second-order valence-corrected chi connectivity index (χ2v) is 7.58. The highest BCUT2D eigenvalue weighted by Crippen LogP contribution is 2.47. The first-order valence-electron chi connectivity index (χ1n) is 7.52. The number of halogens is 1. The molecule has 0 aromatic heterocycles. The Bertz CT molecular complexity index is 496. The minimum atomic E-state index is 0.148. The molecule has 114 valence electrons. The van der Waals surface area contributed by atoms with Crippen LogP contribution < -0.4 is 10.6 Å². The van der Waals surface area contributed by atoms with Gasteiger partial charge in [0.1, 0.15) is 0 Å². The average molecular weight is 325 g/mol. The summed E-state index contributed by atoms with van der Waals surface area (Å²) in [6.07, 6.45) is 2.88. The molecule has 1 heterocycles. The summed E-state index contributed by atoms with van der Waals surface area (Å²) in [7, 11) is 0. The number of hydrogen-bond donors (Lipinski definition) is 2. The predicted octanol–water partition coefficient (Wildman–Crippen LogP) is 2.58. The Kier molecular flexibility index (Phi) is 4.77. The van der Waals surface area contributed by atoms with Crippen LogP contribution in [-0.2, 0) is 10.2 Å². The molecule has 21 heavy (non-hydrogen) atoms. The van der Waals surface area contributed by atoms with Crippen molar-refractivity contribution in [3.63, 3.8) is 0 Å². The molecule has 2 N–H and O–H groups in total. The third-order valence-electron chi connectivity index (χ3n) is 4.36. The molecule has 1 saturated heterocycles. The molecule has 1 saturated carbocycles. The van der Waals surface area contributed by atoms with E-state index in [2.05, 4.69) is 22.8 Å². The Labute approximate surface area is 135 Å². The number of rotatable bonds is 5. The predicted molar refractivity (Wildman–Crippen MR) is 89.1 cm³/mol. The Morgan fingerprint density at radius 1 is 1.38 bits per heavy atom. The fourth-order valence-electron chi connectivity index (χ4n) is 2.84. The van der Waals surface area contributed by atoms with Gasteiger partial charge in [-0.15, -0.1) is 0 Å². The van der Waals surface area contributed by atoms with Gasteiger partial charge in [0, 0.05) is 47.5 Å². The molecule has 0 radical (unpaired) electrons. The molecule has 3 nitrogen and oxygen atoms in total. The highest BCUT2D eigenvalue weighted by molar-refractivity contribution is 7.99. The van der Waals surface area contributed by atoms with Crippen LogP contribution in [0.15, 0.2) is 24.3 Å². The third kappa shape index (κ3) is 3.93. The van der Waals surface area contributed by atoms with E-state index in [0.717, 1.165) is 42.5 Å². The molecule has 0 bridgehead atoms. The van der Waals surface area contributed by atoms with Gasteiger partial charge < -0.3 is 10.6 Å². The van der Waals surface area contributed by atoms with E-state index < -0.39 is 0 Å². The number of carbonyl (C=O) groups is 1. The summed E-state index contributed by atoms with van der Waals surface area (Å²) in [6, 6.07) is 8.36. The Morgan fingerprint density at radius 3 is 2.76 bits per heavy atom. The Balaban J connectivity index is 1.50. The van der Waals surface area contributed by atoms with Gasteiger partial charge in [0.05, 0.1) is 0 Å². The zero-order chi connectivity index (χ0) is 14.7. The largest absolute Gasteiger partial charge is 0.355 e. The lowest BCUT2D eigenvalue weighted by Gasteiger charge is -2.23. The van der Waals surface area contributed by atoms with E-state index in [1.54, 1.807) is 0 Å². The fraction of sp³-hybridized carbons (Fsp3) is 0.562. The fourth-order valence-corrected chi connectivity index (χ4v) is 3.91. The van der Waals surface area contributed by atoms with Gasteiger partial charge >= 0.3 is 0 Å². The van der Waals surface area contributed by atoms with Crippen LogP contribution in [0, 0.1) is 0 Å². The molecule has 1 aliphatic heterocycles. The lowest BCUT2D eigenvalue weighted by atomic mass is 9.96. The van der Waals surface area contributed by atoms with Gasteiger partial charge in [0.2, 0.25) is 5.91 Å². The smallest absolute Gasteiger partial charge is 0.221 e. The van der Waals surface area contributed by atoms with Crippen LogP contribution in [0.4, 0.5) is 0 Å². The number of hydrogen-bond acceptors (Lipinski definition) is 3. The first kappa shape index (κ1) is 15.2. The number of amides is 1. The number of benzene rings is 1. The van der Waals surface area contributed by atoms with Crippen LogP contribution in [0.5, 0.6) is 0 Å². The van der Waals surface area contributed by atoms with E-state index in [9.17, 15) is 4.79 Å². The van der Waals surface area contributed by atoms with E-state index >= 15 is 0 Å². The highest BCUT2D eigenvalue weighted by atomic mass is 35.5. The van der Waals surface area contributed by atoms with Gasteiger partial charge in [-0.2, -0.15) is 11.8 Å². The van der Waals surface area contributed by atoms with Gasteiger partial charge in [0.15, 0.2) is 0 Å². The molecular weight excluding hydrogens is 304 g/mol. The second kappa shape index (κ2) is 6.59. The molecule has 1 aliphatic carbocycles. The number of nitrogens with one attached hydrogen (secondary N) is 2. The third-order valence-corrected chi connectivity index (χ3v) is 5.75. The monoisotopic (exact) mass is 324 g/mol. The van der Waals surface area contributed by atoms with Crippen molar-refractivity contribution in [2.24, 2.45) is 0 Å². The van der Waals surface area contributed by atoms with Crippen molar-refractivity contribution in [2.45, 2.75) is 30.7 Å². The van der Waals surface area contributed by atoms with Gasteiger partial charge in [-0.1, -0.05) is 23.7 Å². The molecule has 1 unspecified atom stereocenters. The summed E-state index contributed by atoms with van der Waals surface area (Å²) in [5.41, 5.74) is 1.44. The van der Waals surface area contributed by atoms with E-state index in [1.165, 1.54) is 5.56 Å². The zero-order valence-electron chi connectivity index (χ0n) is 12.0. The van der Waals surface area contributed by atoms with Gasteiger partial charge in [0.25, 0.3) is 0 Å². The van der Waals surface area contributed by atoms with E-state index in [0.29, 0.717) is 12.5 Å². The van der Waals surface area contributed by atoms with Crippen LogP contribution in [0.1, 0.15) is 24.8 Å². The van der Waals surface area contributed by atoms with Gasteiger partial charge in [-0.25, -0.2) is 0 Å².